The lowest BCUT2D eigenvalue weighted by Crippen LogP contribution is -2.35. The van der Waals surface area contributed by atoms with Crippen molar-refractivity contribution in [3.8, 4) is 5.75 Å². The summed E-state index contributed by atoms with van der Waals surface area (Å²) in [5.74, 6) is 0.254. The van der Waals surface area contributed by atoms with Crippen molar-refractivity contribution >= 4 is 15.9 Å². The summed E-state index contributed by atoms with van der Waals surface area (Å²) >= 11 is 0. The molecule has 0 radical (unpaired) electrons. The van der Waals surface area contributed by atoms with Crippen LogP contribution in [-0.4, -0.2) is 57.6 Å². The SMILES string of the molecule is O=C(COc1ccc(S(=O)(=O)N2CCCCCC2)cc1)NC[C@@H]1CCCO1. The summed E-state index contributed by atoms with van der Waals surface area (Å²) in [4.78, 5) is 12.1. The third-order valence-electron chi connectivity index (χ3n) is 4.95. The number of hydrogen-bond donors (Lipinski definition) is 1. The summed E-state index contributed by atoms with van der Waals surface area (Å²) in [6.45, 7) is 2.29. The van der Waals surface area contributed by atoms with E-state index in [0.717, 1.165) is 45.1 Å². The second-order valence-electron chi connectivity index (χ2n) is 7.02. The van der Waals surface area contributed by atoms with E-state index in [-0.39, 0.29) is 23.5 Å². The highest BCUT2D eigenvalue weighted by Crippen LogP contribution is 2.22. The predicted octanol–water partition coefficient (Wildman–Crippen LogP) is 1.93. The third kappa shape index (κ3) is 5.67. The number of carbonyl (C=O) groups is 1. The Balaban J connectivity index is 1.49. The number of nitrogens with zero attached hydrogens (tertiary/aromatic N) is 1. The second-order valence-corrected chi connectivity index (χ2v) is 8.96. The molecular weight excluding hydrogens is 368 g/mol. The fourth-order valence-corrected chi connectivity index (χ4v) is 4.89. The van der Waals surface area contributed by atoms with Gasteiger partial charge in [-0.2, -0.15) is 4.31 Å². The highest BCUT2D eigenvalue weighted by Gasteiger charge is 2.25. The zero-order valence-corrected chi connectivity index (χ0v) is 16.4. The number of rotatable bonds is 7. The van der Waals surface area contributed by atoms with E-state index in [9.17, 15) is 13.2 Å². The van der Waals surface area contributed by atoms with Gasteiger partial charge in [0.25, 0.3) is 5.91 Å². The minimum Gasteiger partial charge on any atom is -0.484 e. The van der Waals surface area contributed by atoms with Crippen LogP contribution in [0.5, 0.6) is 5.75 Å². The first kappa shape index (κ1) is 20.1. The fourth-order valence-electron chi connectivity index (χ4n) is 3.37. The van der Waals surface area contributed by atoms with E-state index in [4.69, 9.17) is 9.47 Å². The normalized spacial score (nSPS) is 21.6. The lowest BCUT2D eigenvalue weighted by atomic mass is 10.2. The van der Waals surface area contributed by atoms with Crippen molar-refractivity contribution in [3.63, 3.8) is 0 Å². The van der Waals surface area contributed by atoms with E-state index >= 15 is 0 Å². The van der Waals surface area contributed by atoms with Gasteiger partial charge in [-0.3, -0.25) is 4.79 Å². The molecule has 0 bridgehead atoms. The Morgan fingerprint density at radius 1 is 1.11 bits per heavy atom. The number of sulfonamides is 1. The third-order valence-corrected chi connectivity index (χ3v) is 6.86. The number of ether oxygens (including phenoxy) is 2. The van der Waals surface area contributed by atoms with Gasteiger partial charge in [-0.05, 0) is 49.9 Å². The molecular formula is C19H28N2O5S. The molecule has 2 aliphatic rings. The van der Waals surface area contributed by atoms with Gasteiger partial charge >= 0.3 is 0 Å². The number of benzene rings is 1. The molecule has 0 saturated carbocycles. The largest absolute Gasteiger partial charge is 0.484 e. The summed E-state index contributed by atoms with van der Waals surface area (Å²) in [5.41, 5.74) is 0. The molecule has 2 heterocycles. The molecule has 27 heavy (non-hydrogen) atoms. The molecule has 0 spiro atoms. The van der Waals surface area contributed by atoms with Gasteiger partial charge in [-0.1, -0.05) is 12.8 Å². The van der Waals surface area contributed by atoms with Crippen LogP contribution in [0.4, 0.5) is 0 Å². The molecule has 1 aromatic carbocycles. The molecule has 0 unspecified atom stereocenters. The molecule has 3 rings (SSSR count). The van der Waals surface area contributed by atoms with Gasteiger partial charge in [0.15, 0.2) is 6.61 Å². The van der Waals surface area contributed by atoms with Crippen LogP contribution in [0, 0.1) is 0 Å². The molecule has 0 aliphatic carbocycles. The molecule has 0 aromatic heterocycles. The smallest absolute Gasteiger partial charge is 0.258 e. The Hall–Kier alpha value is -1.64. The van der Waals surface area contributed by atoms with Crippen LogP contribution in [0.15, 0.2) is 29.2 Å². The van der Waals surface area contributed by atoms with Crippen LogP contribution >= 0.6 is 0 Å². The standard InChI is InChI=1S/C19H28N2O5S/c22-19(20-14-17-6-5-13-25-17)15-26-16-7-9-18(10-8-16)27(23,24)21-11-3-1-2-4-12-21/h7-10,17H,1-6,11-15H2,(H,20,22)/t17-/m0/s1. The van der Waals surface area contributed by atoms with Crippen molar-refractivity contribution < 1.29 is 22.7 Å². The van der Waals surface area contributed by atoms with E-state index in [1.165, 1.54) is 0 Å². The molecule has 2 fully saturated rings. The van der Waals surface area contributed by atoms with Gasteiger partial charge in [0, 0.05) is 26.2 Å². The van der Waals surface area contributed by atoms with Gasteiger partial charge in [0.05, 0.1) is 11.0 Å². The summed E-state index contributed by atoms with van der Waals surface area (Å²) in [7, 11) is -3.47. The molecule has 1 aromatic rings. The lowest BCUT2D eigenvalue weighted by molar-refractivity contribution is -0.123. The Labute approximate surface area is 161 Å². The molecule has 2 saturated heterocycles. The zero-order valence-electron chi connectivity index (χ0n) is 15.6. The highest BCUT2D eigenvalue weighted by atomic mass is 32.2. The predicted molar refractivity (Wildman–Crippen MR) is 101 cm³/mol. The van der Waals surface area contributed by atoms with Gasteiger partial charge in [-0.25, -0.2) is 8.42 Å². The first-order valence-corrected chi connectivity index (χ1v) is 11.1. The van der Waals surface area contributed by atoms with E-state index in [2.05, 4.69) is 5.32 Å². The fraction of sp³-hybridized carbons (Fsp3) is 0.632. The van der Waals surface area contributed by atoms with Crippen molar-refractivity contribution in [3.05, 3.63) is 24.3 Å². The van der Waals surface area contributed by atoms with Crippen molar-refractivity contribution in [2.24, 2.45) is 0 Å². The number of nitrogens with one attached hydrogen (secondary N) is 1. The number of amides is 1. The van der Waals surface area contributed by atoms with Gasteiger partial charge in [-0.15, -0.1) is 0 Å². The molecule has 8 heteroatoms. The van der Waals surface area contributed by atoms with Gasteiger partial charge in [0.2, 0.25) is 10.0 Å². The molecule has 150 valence electrons. The van der Waals surface area contributed by atoms with Crippen LogP contribution in [0.25, 0.3) is 0 Å². The topological polar surface area (TPSA) is 84.9 Å². The monoisotopic (exact) mass is 396 g/mol. The van der Waals surface area contributed by atoms with Crippen LogP contribution in [0.3, 0.4) is 0 Å². The molecule has 1 N–H and O–H groups in total. The van der Waals surface area contributed by atoms with Crippen LogP contribution < -0.4 is 10.1 Å². The van der Waals surface area contributed by atoms with Crippen molar-refractivity contribution in [2.45, 2.75) is 49.5 Å². The summed E-state index contributed by atoms with van der Waals surface area (Å²) < 4.78 is 37.9. The maximum absolute atomic E-state index is 12.7. The molecule has 1 atom stereocenters. The van der Waals surface area contributed by atoms with Gasteiger partial charge < -0.3 is 14.8 Å². The van der Waals surface area contributed by atoms with E-state index in [1.54, 1.807) is 28.6 Å². The maximum atomic E-state index is 12.7. The molecule has 7 nitrogen and oxygen atoms in total. The average molecular weight is 397 g/mol. The Morgan fingerprint density at radius 2 is 1.81 bits per heavy atom. The van der Waals surface area contributed by atoms with E-state index < -0.39 is 10.0 Å². The molecule has 2 aliphatic heterocycles. The van der Waals surface area contributed by atoms with Crippen molar-refractivity contribution in [2.75, 3.05) is 32.8 Å². The Kier molecular flexibility index (Phi) is 7.09. The number of carbonyl (C=O) groups excluding carboxylic acids is 1. The minimum atomic E-state index is -3.47. The van der Waals surface area contributed by atoms with Crippen molar-refractivity contribution in [1.29, 1.82) is 0 Å². The van der Waals surface area contributed by atoms with Crippen LogP contribution in [-0.2, 0) is 19.6 Å². The summed E-state index contributed by atoms with van der Waals surface area (Å²) in [6.07, 6.45) is 6.06. The van der Waals surface area contributed by atoms with Crippen LogP contribution in [0.2, 0.25) is 0 Å². The number of hydrogen-bond acceptors (Lipinski definition) is 5. The van der Waals surface area contributed by atoms with E-state index in [1.807, 2.05) is 0 Å². The van der Waals surface area contributed by atoms with E-state index in [0.29, 0.717) is 25.4 Å². The summed E-state index contributed by atoms with van der Waals surface area (Å²) in [5, 5.41) is 2.79. The quantitative estimate of drug-likeness (QED) is 0.761. The maximum Gasteiger partial charge on any atom is 0.258 e. The average Bonchev–Trinajstić information content (AvgIpc) is 3.04. The summed E-state index contributed by atoms with van der Waals surface area (Å²) in [6, 6.07) is 6.27. The minimum absolute atomic E-state index is 0.0948. The Bertz CT molecular complexity index is 706. The van der Waals surface area contributed by atoms with Crippen LogP contribution in [0.1, 0.15) is 38.5 Å². The molecule has 1 amide bonds. The first-order valence-electron chi connectivity index (χ1n) is 9.67. The Morgan fingerprint density at radius 3 is 2.44 bits per heavy atom. The highest BCUT2D eigenvalue weighted by molar-refractivity contribution is 7.89. The van der Waals surface area contributed by atoms with Crippen molar-refractivity contribution in [1.82, 2.24) is 9.62 Å². The zero-order chi connectivity index (χ0) is 19.1. The second kappa shape index (κ2) is 9.52. The first-order chi connectivity index (χ1) is 13.1. The van der Waals surface area contributed by atoms with Gasteiger partial charge in [0.1, 0.15) is 5.75 Å². The lowest BCUT2D eigenvalue weighted by Gasteiger charge is -2.20.